The van der Waals surface area contributed by atoms with Crippen molar-refractivity contribution in [2.75, 3.05) is 24.2 Å². The van der Waals surface area contributed by atoms with Crippen LogP contribution in [0.25, 0.3) is 0 Å². The van der Waals surface area contributed by atoms with Crippen molar-refractivity contribution in [3.05, 3.63) is 17.8 Å². The van der Waals surface area contributed by atoms with Crippen molar-refractivity contribution in [2.24, 2.45) is 0 Å². The second kappa shape index (κ2) is 4.81. The van der Waals surface area contributed by atoms with E-state index in [-0.39, 0.29) is 0 Å². The number of nitrogens with two attached hydrogens (primary N) is 1. The number of nitrogen functional groups attached to an aromatic ring is 1. The summed E-state index contributed by atoms with van der Waals surface area (Å²) < 4.78 is 0. The summed E-state index contributed by atoms with van der Waals surface area (Å²) in [6.45, 7) is 2.00. The highest BCUT2D eigenvalue weighted by Gasteiger charge is 2.12. The zero-order valence-electron chi connectivity index (χ0n) is 9.11. The number of hydrogen-bond acceptors (Lipinski definition) is 5. The number of nitrogens with zero attached hydrogens (tertiary/aromatic N) is 3. The number of nitrogens with one attached hydrogen (secondary N) is 1. The third kappa shape index (κ3) is 2.23. The van der Waals surface area contributed by atoms with E-state index in [9.17, 15) is 0 Å². The van der Waals surface area contributed by atoms with Gasteiger partial charge in [-0.3, -0.25) is 0 Å². The second-order valence-electron chi connectivity index (χ2n) is 3.89. The van der Waals surface area contributed by atoms with Crippen LogP contribution >= 0.6 is 0 Å². The van der Waals surface area contributed by atoms with Crippen LogP contribution in [0, 0.1) is 11.3 Å². The number of aromatic nitrogens is 1. The lowest BCUT2D eigenvalue weighted by molar-refractivity contribution is 0.272. The van der Waals surface area contributed by atoms with Crippen molar-refractivity contribution in [1.82, 2.24) is 9.99 Å². The van der Waals surface area contributed by atoms with Crippen molar-refractivity contribution in [3.8, 4) is 6.07 Å². The lowest BCUT2D eigenvalue weighted by Gasteiger charge is -2.27. The van der Waals surface area contributed by atoms with Gasteiger partial charge in [-0.25, -0.2) is 9.99 Å². The first-order valence-electron chi connectivity index (χ1n) is 5.47. The van der Waals surface area contributed by atoms with Crippen molar-refractivity contribution < 1.29 is 0 Å². The number of piperidine rings is 1. The Hall–Kier alpha value is -1.80. The van der Waals surface area contributed by atoms with E-state index in [2.05, 4.69) is 15.4 Å². The van der Waals surface area contributed by atoms with Gasteiger partial charge in [0.15, 0.2) is 5.82 Å². The lowest BCUT2D eigenvalue weighted by Crippen LogP contribution is -2.35. The average molecular weight is 217 g/mol. The zero-order valence-corrected chi connectivity index (χ0v) is 9.11. The molecule has 3 N–H and O–H groups in total. The fourth-order valence-corrected chi connectivity index (χ4v) is 1.82. The monoisotopic (exact) mass is 217 g/mol. The fraction of sp³-hybridized carbons (Fsp3) is 0.455. The van der Waals surface area contributed by atoms with Gasteiger partial charge in [0.2, 0.25) is 0 Å². The molecular formula is C11H15N5. The van der Waals surface area contributed by atoms with E-state index in [0.717, 1.165) is 13.1 Å². The number of pyridine rings is 1. The highest BCUT2D eigenvalue weighted by atomic mass is 15.5. The Morgan fingerprint density at radius 1 is 1.38 bits per heavy atom. The predicted octanol–water partition coefficient (Wildman–Crippen LogP) is 1.35. The Balaban J connectivity index is 2.12. The number of anilines is 2. The van der Waals surface area contributed by atoms with Crippen LogP contribution in [0.3, 0.4) is 0 Å². The average Bonchev–Trinajstić information content (AvgIpc) is 2.33. The van der Waals surface area contributed by atoms with Crippen molar-refractivity contribution in [2.45, 2.75) is 19.3 Å². The van der Waals surface area contributed by atoms with Gasteiger partial charge in [0.25, 0.3) is 0 Å². The smallest absolute Gasteiger partial charge is 0.165 e. The first-order chi connectivity index (χ1) is 7.81. The standard InChI is InChI=1S/C11H15N5/c12-8-9-4-5-14-11(10(9)13)15-16-6-2-1-3-7-16/h4-5H,1-3,6-7,13H2,(H,14,15). The molecule has 2 heterocycles. The summed E-state index contributed by atoms with van der Waals surface area (Å²) in [6.07, 6.45) is 5.25. The Kier molecular flexibility index (Phi) is 3.22. The third-order valence-electron chi connectivity index (χ3n) is 2.73. The largest absolute Gasteiger partial charge is 0.395 e. The molecule has 0 spiro atoms. The second-order valence-corrected chi connectivity index (χ2v) is 3.89. The van der Waals surface area contributed by atoms with Gasteiger partial charge in [-0.2, -0.15) is 5.26 Å². The molecule has 5 nitrogen and oxygen atoms in total. The fourth-order valence-electron chi connectivity index (χ4n) is 1.82. The zero-order chi connectivity index (χ0) is 11.4. The Morgan fingerprint density at radius 2 is 2.12 bits per heavy atom. The van der Waals surface area contributed by atoms with Crippen LogP contribution in [0.15, 0.2) is 12.3 Å². The number of hydrogen-bond donors (Lipinski definition) is 2. The number of hydrazine groups is 1. The molecule has 5 heteroatoms. The lowest BCUT2D eigenvalue weighted by atomic mass is 10.2. The SMILES string of the molecule is N#Cc1ccnc(NN2CCCCC2)c1N. The number of nitriles is 1. The molecule has 0 atom stereocenters. The summed E-state index contributed by atoms with van der Waals surface area (Å²) in [5, 5.41) is 11.0. The van der Waals surface area contributed by atoms with E-state index < -0.39 is 0 Å². The molecule has 0 aliphatic carbocycles. The summed E-state index contributed by atoms with van der Waals surface area (Å²) in [4.78, 5) is 4.15. The molecule has 1 saturated heterocycles. The molecule has 0 bridgehead atoms. The van der Waals surface area contributed by atoms with Gasteiger partial charge in [0, 0.05) is 19.3 Å². The van der Waals surface area contributed by atoms with Crippen LogP contribution < -0.4 is 11.2 Å². The third-order valence-corrected chi connectivity index (χ3v) is 2.73. The molecule has 2 rings (SSSR count). The predicted molar refractivity (Wildman–Crippen MR) is 62.4 cm³/mol. The molecule has 1 aromatic rings. The van der Waals surface area contributed by atoms with E-state index >= 15 is 0 Å². The highest BCUT2D eigenvalue weighted by molar-refractivity contribution is 5.68. The van der Waals surface area contributed by atoms with Gasteiger partial charge in [-0.1, -0.05) is 6.42 Å². The molecule has 0 unspecified atom stereocenters. The van der Waals surface area contributed by atoms with E-state index in [0.29, 0.717) is 17.1 Å². The first kappa shape index (κ1) is 10.7. The molecule has 1 aliphatic heterocycles. The minimum atomic E-state index is 0.426. The van der Waals surface area contributed by atoms with Crippen LogP contribution in [0.1, 0.15) is 24.8 Å². The van der Waals surface area contributed by atoms with Crippen LogP contribution in [0.2, 0.25) is 0 Å². The summed E-state index contributed by atoms with van der Waals surface area (Å²) in [6, 6.07) is 3.67. The number of rotatable bonds is 2. The molecule has 16 heavy (non-hydrogen) atoms. The quantitative estimate of drug-likeness (QED) is 0.781. The minimum absolute atomic E-state index is 0.426. The Bertz CT molecular complexity index is 403. The van der Waals surface area contributed by atoms with E-state index in [1.807, 2.05) is 6.07 Å². The molecule has 0 amide bonds. The van der Waals surface area contributed by atoms with Gasteiger partial charge in [0.05, 0.1) is 11.3 Å². The molecule has 0 radical (unpaired) electrons. The normalized spacial score (nSPS) is 16.7. The molecule has 84 valence electrons. The maximum Gasteiger partial charge on any atom is 0.165 e. The van der Waals surface area contributed by atoms with Gasteiger partial charge in [-0.15, -0.1) is 0 Å². The van der Waals surface area contributed by atoms with Gasteiger partial charge in [0.1, 0.15) is 6.07 Å². The van der Waals surface area contributed by atoms with E-state index in [4.69, 9.17) is 11.0 Å². The van der Waals surface area contributed by atoms with Gasteiger partial charge >= 0.3 is 0 Å². The van der Waals surface area contributed by atoms with Crippen LogP contribution in [-0.4, -0.2) is 23.1 Å². The van der Waals surface area contributed by atoms with E-state index in [1.165, 1.54) is 19.3 Å². The molecule has 0 saturated carbocycles. The van der Waals surface area contributed by atoms with Crippen LogP contribution in [0.5, 0.6) is 0 Å². The highest BCUT2D eigenvalue weighted by Crippen LogP contribution is 2.20. The maximum atomic E-state index is 8.85. The minimum Gasteiger partial charge on any atom is -0.395 e. The van der Waals surface area contributed by atoms with Crippen LogP contribution in [-0.2, 0) is 0 Å². The Morgan fingerprint density at radius 3 is 2.81 bits per heavy atom. The van der Waals surface area contributed by atoms with Crippen molar-refractivity contribution in [3.63, 3.8) is 0 Å². The molecule has 0 aromatic carbocycles. The van der Waals surface area contributed by atoms with Crippen molar-refractivity contribution in [1.29, 1.82) is 5.26 Å². The topological polar surface area (TPSA) is 78.0 Å². The Labute approximate surface area is 94.8 Å². The van der Waals surface area contributed by atoms with Gasteiger partial charge in [-0.05, 0) is 18.9 Å². The first-order valence-corrected chi connectivity index (χ1v) is 5.47. The molecular weight excluding hydrogens is 202 g/mol. The molecule has 1 fully saturated rings. The summed E-state index contributed by atoms with van der Waals surface area (Å²) in [5.41, 5.74) is 9.90. The van der Waals surface area contributed by atoms with E-state index in [1.54, 1.807) is 12.3 Å². The summed E-state index contributed by atoms with van der Waals surface area (Å²) in [7, 11) is 0. The summed E-state index contributed by atoms with van der Waals surface area (Å²) >= 11 is 0. The van der Waals surface area contributed by atoms with Crippen molar-refractivity contribution >= 4 is 11.5 Å². The maximum absolute atomic E-state index is 8.85. The van der Waals surface area contributed by atoms with Gasteiger partial charge < -0.3 is 11.2 Å². The summed E-state index contributed by atoms with van der Waals surface area (Å²) in [5.74, 6) is 0.584. The molecule has 1 aliphatic rings. The molecule has 1 aromatic heterocycles. The van der Waals surface area contributed by atoms with Crippen LogP contribution in [0.4, 0.5) is 11.5 Å².